The minimum atomic E-state index is 0.729. The summed E-state index contributed by atoms with van der Waals surface area (Å²) >= 11 is 5.92. The van der Waals surface area contributed by atoms with E-state index < -0.39 is 0 Å². The lowest BCUT2D eigenvalue weighted by Crippen LogP contribution is -2.17. The second kappa shape index (κ2) is 5.75. The summed E-state index contributed by atoms with van der Waals surface area (Å²) in [6.07, 6.45) is 5.35. The molecule has 0 spiro atoms. The normalized spacial score (nSPS) is 10.8. The minimum Gasteiger partial charge on any atom is -0.296 e. The Morgan fingerprint density at radius 3 is 2.59 bits per heavy atom. The number of aromatic nitrogens is 2. The molecular weight excluding hydrogens is 234 g/mol. The lowest BCUT2D eigenvalue weighted by atomic mass is 10.2. The highest BCUT2D eigenvalue weighted by atomic mass is 35.5. The van der Waals surface area contributed by atoms with E-state index in [0.29, 0.717) is 0 Å². The zero-order valence-electron chi connectivity index (χ0n) is 9.68. The van der Waals surface area contributed by atoms with Crippen molar-refractivity contribution in [2.45, 2.75) is 13.1 Å². The third kappa shape index (κ3) is 3.80. The lowest BCUT2D eigenvalue weighted by Gasteiger charge is -2.16. The maximum absolute atomic E-state index is 5.92. The summed E-state index contributed by atoms with van der Waals surface area (Å²) in [5, 5.41) is 0.729. The molecule has 2 heterocycles. The fourth-order valence-corrected chi connectivity index (χ4v) is 1.85. The van der Waals surface area contributed by atoms with Crippen LogP contribution in [0.25, 0.3) is 0 Å². The van der Waals surface area contributed by atoms with Crippen LogP contribution in [0, 0.1) is 0 Å². The van der Waals surface area contributed by atoms with E-state index in [4.69, 9.17) is 11.6 Å². The molecule has 17 heavy (non-hydrogen) atoms. The van der Waals surface area contributed by atoms with Crippen molar-refractivity contribution < 1.29 is 0 Å². The second-order valence-corrected chi connectivity index (χ2v) is 4.43. The first-order valence-electron chi connectivity index (χ1n) is 5.42. The van der Waals surface area contributed by atoms with Crippen molar-refractivity contribution in [3.05, 3.63) is 59.1 Å². The van der Waals surface area contributed by atoms with Crippen LogP contribution in [0.4, 0.5) is 0 Å². The number of hydrogen-bond donors (Lipinski definition) is 0. The molecule has 4 heteroatoms. The first-order chi connectivity index (χ1) is 8.24. The largest absolute Gasteiger partial charge is 0.296 e. The van der Waals surface area contributed by atoms with E-state index in [-0.39, 0.29) is 0 Å². The molecule has 0 unspecified atom stereocenters. The van der Waals surface area contributed by atoms with Crippen LogP contribution in [-0.4, -0.2) is 21.9 Å². The van der Waals surface area contributed by atoms with E-state index in [1.165, 1.54) is 5.56 Å². The summed E-state index contributed by atoms with van der Waals surface area (Å²) in [5.74, 6) is 0. The molecule has 2 aromatic rings. The van der Waals surface area contributed by atoms with Gasteiger partial charge in [0.1, 0.15) is 0 Å². The van der Waals surface area contributed by atoms with Gasteiger partial charge in [-0.05, 0) is 36.9 Å². The van der Waals surface area contributed by atoms with Crippen molar-refractivity contribution in [3.63, 3.8) is 0 Å². The molecule has 0 radical (unpaired) electrons. The number of nitrogens with zero attached hydrogens (tertiary/aromatic N) is 3. The molecule has 0 atom stereocenters. The van der Waals surface area contributed by atoms with Crippen LogP contribution in [-0.2, 0) is 13.1 Å². The van der Waals surface area contributed by atoms with Crippen LogP contribution in [0.15, 0.2) is 42.9 Å². The Kier molecular flexibility index (Phi) is 4.07. The summed E-state index contributed by atoms with van der Waals surface area (Å²) in [4.78, 5) is 10.5. The average Bonchev–Trinajstić information content (AvgIpc) is 2.30. The Morgan fingerprint density at radius 2 is 1.88 bits per heavy atom. The molecule has 3 nitrogen and oxygen atoms in total. The van der Waals surface area contributed by atoms with Gasteiger partial charge in [-0.25, -0.2) is 0 Å². The SMILES string of the molecule is CN(Cc1ccncc1)Cc1cc(Cl)ccn1. The van der Waals surface area contributed by atoms with Gasteiger partial charge < -0.3 is 0 Å². The predicted octanol–water partition coefficient (Wildman–Crippen LogP) is 2.76. The van der Waals surface area contributed by atoms with E-state index in [9.17, 15) is 0 Å². The first kappa shape index (κ1) is 12.0. The Bertz CT molecular complexity index is 473. The summed E-state index contributed by atoms with van der Waals surface area (Å²) in [6.45, 7) is 1.65. The molecule has 0 aromatic carbocycles. The van der Waals surface area contributed by atoms with Gasteiger partial charge in [0.25, 0.3) is 0 Å². The van der Waals surface area contributed by atoms with Gasteiger partial charge in [0.15, 0.2) is 0 Å². The topological polar surface area (TPSA) is 29.0 Å². The van der Waals surface area contributed by atoms with Gasteiger partial charge in [0, 0.05) is 36.7 Å². The molecule has 0 saturated carbocycles. The van der Waals surface area contributed by atoms with Gasteiger partial charge in [-0.15, -0.1) is 0 Å². The highest BCUT2D eigenvalue weighted by molar-refractivity contribution is 6.30. The van der Waals surface area contributed by atoms with Gasteiger partial charge in [-0.1, -0.05) is 11.6 Å². The number of rotatable bonds is 4. The Morgan fingerprint density at radius 1 is 1.12 bits per heavy atom. The van der Waals surface area contributed by atoms with Gasteiger partial charge in [-0.3, -0.25) is 14.9 Å². The number of halogens is 1. The van der Waals surface area contributed by atoms with E-state index in [1.807, 2.05) is 18.2 Å². The zero-order chi connectivity index (χ0) is 12.1. The predicted molar refractivity (Wildman–Crippen MR) is 68.7 cm³/mol. The fraction of sp³-hybridized carbons (Fsp3) is 0.231. The molecule has 88 valence electrons. The summed E-state index contributed by atoms with van der Waals surface area (Å²) in [6, 6.07) is 7.71. The maximum Gasteiger partial charge on any atom is 0.0558 e. The molecule has 0 bridgehead atoms. The van der Waals surface area contributed by atoms with Crippen LogP contribution >= 0.6 is 11.6 Å². The highest BCUT2D eigenvalue weighted by Crippen LogP contribution is 2.10. The van der Waals surface area contributed by atoms with Gasteiger partial charge >= 0.3 is 0 Å². The van der Waals surface area contributed by atoms with Crippen LogP contribution in [0.2, 0.25) is 5.02 Å². The lowest BCUT2D eigenvalue weighted by molar-refractivity contribution is 0.315. The van der Waals surface area contributed by atoms with Crippen molar-refractivity contribution in [2.75, 3.05) is 7.05 Å². The van der Waals surface area contributed by atoms with E-state index in [1.54, 1.807) is 24.7 Å². The Balaban J connectivity index is 1.96. The van der Waals surface area contributed by atoms with Crippen molar-refractivity contribution in [3.8, 4) is 0 Å². The molecule has 0 N–H and O–H groups in total. The Labute approximate surface area is 106 Å². The standard InChI is InChI=1S/C13H14ClN3/c1-17(9-11-2-5-15-6-3-11)10-13-8-12(14)4-7-16-13/h2-8H,9-10H2,1H3. The maximum atomic E-state index is 5.92. The van der Waals surface area contributed by atoms with Crippen molar-refractivity contribution in [1.82, 2.24) is 14.9 Å². The third-order valence-electron chi connectivity index (χ3n) is 2.41. The fourth-order valence-electron chi connectivity index (χ4n) is 1.67. The molecular formula is C13H14ClN3. The minimum absolute atomic E-state index is 0.729. The van der Waals surface area contributed by atoms with Gasteiger partial charge in [-0.2, -0.15) is 0 Å². The molecule has 0 aliphatic heterocycles. The average molecular weight is 248 g/mol. The number of pyridine rings is 2. The molecule has 0 aliphatic carbocycles. The smallest absolute Gasteiger partial charge is 0.0558 e. The van der Waals surface area contributed by atoms with Crippen LogP contribution in [0.5, 0.6) is 0 Å². The van der Waals surface area contributed by atoms with Crippen LogP contribution in [0.1, 0.15) is 11.3 Å². The molecule has 2 aromatic heterocycles. The van der Waals surface area contributed by atoms with Crippen molar-refractivity contribution >= 4 is 11.6 Å². The van der Waals surface area contributed by atoms with Crippen LogP contribution < -0.4 is 0 Å². The molecule has 0 fully saturated rings. The van der Waals surface area contributed by atoms with Crippen molar-refractivity contribution in [1.29, 1.82) is 0 Å². The van der Waals surface area contributed by atoms with E-state index in [0.717, 1.165) is 23.8 Å². The van der Waals surface area contributed by atoms with Crippen LogP contribution in [0.3, 0.4) is 0 Å². The van der Waals surface area contributed by atoms with Gasteiger partial charge in [0.2, 0.25) is 0 Å². The van der Waals surface area contributed by atoms with E-state index in [2.05, 4.69) is 21.9 Å². The van der Waals surface area contributed by atoms with Gasteiger partial charge in [0.05, 0.1) is 5.69 Å². The molecule has 0 aliphatic rings. The Hall–Kier alpha value is -1.45. The summed E-state index contributed by atoms with van der Waals surface area (Å²) in [5.41, 5.74) is 2.22. The third-order valence-corrected chi connectivity index (χ3v) is 2.65. The van der Waals surface area contributed by atoms with Crippen molar-refractivity contribution in [2.24, 2.45) is 0 Å². The summed E-state index contributed by atoms with van der Waals surface area (Å²) in [7, 11) is 2.06. The monoisotopic (exact) mass is 247 g/mol. The first-order valence-corrected chi connectivity index (χ1v) is 5.80. The van der Waals surface area contributed by atoms with E-state index >= 15 is 0 Å². The highest BCUT2D eigenvalue weighted by Gasteiger charge is 2.03. The second-order valence-electron chi connectivity index (χ2n) is 3.99. The summed E-state index contributed by atoms with van der Waals surface area (Å²) < 4.78 is 0. The number of hydrogen-bond acceptors (Lipinski definition) is 3. The zero-order valence-corrected chi connectivity index (χ0v) is 10.4. The molecule has 0 saturated heterocycles. The molecule has 2 rings (SSSR count). The quantitative estimate of drug-likeness (QED) is 0.832. The molecule has 0 amide bonds.